The van der Waals surface area contributed by atoms with E-state index in [0.29, 0.717) is 30.3 Å². The van der Waals surface area contributed by atoms with Crippen molar-refractivity contribution in [2.75, 3.05) is 24.5 Å². The maximum Gasteiger partial charge on any atom is 0.407 e. The summed E-state index contributed by atoms with van der Waals surface area (Å²) in [6, 6.07) is 4.70. The molecule has 1 amide bonds. The van der Waals surface area contributed by atoms with Crippen LogP contribution in [0.3, 0.4) is 0 Å². The van der Waals surface area contributed by atoms with Crippen LogP contribution in [0.1, 0.15) is 6.42 Å². The Labute approximate surface area is 126 Å². The lowest BCUT2D eigenvalue weighted by Gasteiger charge is -2.52. The molecule has 1 aromatic carbocycles. The second-order valence-electron chi connectivity index (χ2n) is 5.83. The molecule has 0 saturated carbocycles. The maximum absolute atomic E-state index is 13.8. The summed E-state index contributed by atoms with van der Waals surface area (Å²) in [5.41, 5.74) is 0.778. The predicted molar refractivity (Wildman–Crippen MR) is 78.3 cm³/mol. The summed E-state index contributed by atoms with van der Waals surface area (Å²) in [6.07, 6.45) is 1.68. The summed E-state index contributed by atoms with van der Waals surface area (Å²) in [5, 5.41) is 9.14. The molecule has 6 nitrogen and oxygen atoms in total. The van der Waals surface area contributed by atoms with Crippen molar-refractivity contribution in [2.45, 2.75) is 12.5 Å². The topological polar surface area (TPSA) is 69.6 Å². The lowest BCUT2D eigenvalue weighted by molar-refractivity contribution is 0.0135. The highest BCUT2D eigenvalue weighted by Gasteiger charge is 2.45. The molecule has 2 aromatic rings. The molecule has 0 spiro atoms. The molecule has 0 radical (unpaired) electrons. The zero-order valence-electron chi connectivity index (χ0n) is 11.8. The summed E-state index contributed by atoms with van der Waals surface area (Å²) in [6.45, 7) is 2.00. The minimum Gasteiger partial charge on any atom is -0.465 e. The highest BCUT2D eigenvalue weighted by atomic mass is 19.1. The molecule has 0 aliphatic carbocycles. The monoisotopic (exact) mass is 302 g/mol. The van der Waals surface area contributed by atoms with Crippen molar-refractivity contribution in [3.8, 4) is 0 Å². The smallest absolute Gasteiger partial charge is 0.407 e. The van der Waals surface area contributed by atoms with Gasteiger partial charge in [-0.25, -0.2) is 14.2 Å². The SMILES string of the molecule is O=C(O)N1CC2CCN(c3cnc4cccc(F)c4n3)CC21. The van der Waals surface area contributed by atoms with Crippen LogP contribution in [-0.2, 0) is 0 Å². The zero-order valence-corrected chi connectivity index (χ0v) is 11.8. The number of halogens is 1. The number of likely N-dealkylation sites (tertiary alicyclic amines) is 1. The summed E-state index contributed by atoms with van der Waals surface area (Å²) >= 11 is 0. The molecule has 22 heavy (non-hydrogen) atoms. The molecular formula is C15H15FN4O2. The fourth-order valence-electron chi connectivity index (χ4n) is 3.37. The Morgan fingerprint density at radius 2 is 2.23 bits per heavy atom. The lowest BCUT2D eigenvalue weighted by Crippen LogP contribution is -2.65. The van der Waals surface area contributed by atoms with Gasteiger partial charge in [-0.15, -0.1) is 0 Å². The normalized spacial score (nSPS) is 24.0. The lowest BCUT2D eigenvalue weighted by atomic mass is 9.83. The molecule has 2 unspecified atom stereocenters. The van der Waals surface area contributed by atoms with E-state index in [1.807, 2.05) is 4.90 Å². The highest BCUT2D eigenvalue weighted by Crippen LogP contribution is 2.34. The Kier molecular flexibility index (Phi) is 2.88. The minimum absolute atomic E-state index is 0.00404. The summed E-state index contributed by atoms with van der Waals surface area (Å²) in [7, 11) is 0. The number of nitrogens with zero attached hydrogens (tertiary/aromatic N) is 4. The van der Waals surface area contributed by atoms with Crippen molar-refractivity contribution in [3.63, 3.8) is 0 Å². The van der Waals surface area contributed by atoms with E-state index < -0.39 is 11.9 Å². The Morgan fingerprint density at radius 3 is 3.05 bits per heavy atom. The average Bonchev–Trinajstić information content (AvgIpc) is 2.48. The van der Waals surface area contributed by atoms with E-state index in [-0.39, 0.29) is 11.6 Å². The molecule has 7 heteroatoms. The summed E-state index contributed by atoms with van der Waals surface area (Å²) in [4.78, 5) is 23.2. The van der Waals surface area contributed by atoms with Gasteiger partial charge in [0, 0.05) is 25.6 Å². The van der Waals surface area contributed by atoms with Crippen LogP contribution in [0.25, 0.3) is 11.0 Å². The molecule has 2 atom stereocenters. The van der Waals surface area contributed by atoms with Crippen LogP contribution in [-0.4, -0.2) is 51.7 Å². The van der Waals surface area contributed by atoms with Gasteiger partial charge in [-0.2, -0.15) is 0 Å². The molecule has 1 N–H and O–H groups in total. The van der Waals surface area contributed by atoms with Gasteiger partial charge in [-0.1, -0.05) is 6.07 Å². The standard InChI is InChI=1S/C15H15FN4O2/c16-10-2-1-3-11-14(10)18-13(6-17-11)19-5-4-9-7-20(15(21)22)12(9)8-19/h1-3,6,9,12H,4-5,7-8H2,(H,21,22). The van der Waals surface area contributed by atoms with Crippen LogP contribution < -0.4 is 4.90 Å². The molecule has 0 bridgehead atoms. The number of piperidine rings is 1. The van der Waals surface area contributed by atoms with Crippen LogP contribution in [0.5, 0.6) is 0 Å². The zero-order chi connectivity index (χ0) is 15.3. The molecule has 2 aliphatic heterocycles. The van der Waals surface area contributed by atoms with Crippen LogP contribution in [0.4, 0.5) is 15.0 Å². The van der Waals surface area contributed by atoms with E-state index in [0.717, 1.165) is 13.0 Å². The van der Waals surface area contributed by atoms with Gasteiger partial charge in [0.05, 0.1) is 17.8 Å². The van der Waals surface area contributed by atoms with Gasteiger partial charge < -0.3 is 14.9 Å². The second kappa shape index (κ2) is 4.79. The van der Waals surface area contributed by atoms with Crippen LogP contribution in [0, 0.1) is 11.7 Å². The first-order chi connectivity index (χ1) is 10.6. The van der Waals surface area contributed by atoms with E-state index >= 15 is 0 Å². The first kappa shape index (κ1) is 13.2. The first-order valence-electron chi connectivity index (χ1n) is 7.29. The predicted octanol–water partition coefficient (Wildman–Crippen LogP) is 1.96. The van der Waals surface area contributed by atoms with Gasteiger partial charge in [0.25, 0.3) is 0 Å². The van der Waals surface area contributed by atoms with Gasteiger partial charge in [-0.3, -0.25) is 4.98 Å². The first-order valence-corrected chi connectivity index (χ1v) is 7.29. The number of benzene rings is 1. The van der Waals surface area contributed by atoms with E-state index in [4.69, 9.17) is 5.11 Å². The number of anilines is 1. The van der Waals surface area contributed by atoms with Gasteiger partial charge in [0.1, 0.15) is 11.3 Å². The number of carboxylic acid groups (broad SMARTS) is 1. The highest BCUT2D eigenvalue weighted by molar-refractivity contribution is 5.76. The number of rotatable bonds is 1. The number of hydrogen-bond donors (Lipinski definition) is 1. The quantitative estimate of drug-likeness (QED) is 0.872. The van der Waals surface area contributed by atoms with Crippen molar-refractivity contribution >= 4 is 22.9 Å². The summed E-state index contributed by atoms with van der Waals surface area (Å²) in [5.74, 6) is 0.642. The number of para-hydroxylation sites is 1. The maximum atomic E-state index is 13.8. The van der Waals surface area contributed by atoms with E-state index in [9.17, 15) is 9.18 Å². The van der Waals surface area contributed by atoms with Crippen LogP contribution >= 0.6 is 0 Å². The Balaban J connectivity index is 1.62. The minimum atomic E-state index is -0.876. The molecule has 114 valence electrons. The molecule has 2 fully saturated rings. The van der Waals surface area contributed by atoms with Crippen molar-refractivity contribution in [3.05, 3.63) is 30.2 Å². The number of amides is 1. The van der Waals surface area contributed by atoms with Crippen molar-refractivity contribution in [1.82, 2.24) is 14.9 Å². The van der Waals surface area contributed by atoms with Crippen molar-refractivity contribution < 1.29 is 14.3 Å². The third-order valence-electron chi connectivity index (χ3n) is 4.63. The van der Waals surface area contributed by atoms with Crippen molar-refractivity contribution in [1.29, 1.82) is 0 Å². The van der Waals surface area contributed by atoms with Crippen LogP contribution in [0.15, 0.2) is 24.4 Å². The van der Waals surface area contributed by atoms with E-state index in [2.05, 4.69) is 9.97 Å². The number of carbonyl (C=O) groups is 1. The second-order valence-corrected chi connectivity index (χ2v) is 5.83. The molecule has 3 heterocycles. The fraction of sp³-hybridized carbons (Fsp3) is 0.400. The van der Waals surface area contributed by atoms with E-state index in [1.54, 1.807) is 18.3 Å². The third kappa shape index (κ3) is 1.96. The number of aromatic nitrogens is 2. The average molecular weight is 302 g/mol. The van der Waals surface area contributed by atoms with Crippen LogP contribution in [0.2, 0.25) is 0 Å². The summed E-state index contributed by atoms with van der Waals surface area (Å²) < 4.78 is 13.8. The Bertz CT molecular complexity index is 753. The number of hydrogen-bond acceptors (Lipinski definition) is 4. The molecule has 2 saturated heterocycles. The molecule has 4 rings (SSSR count). The number of fused-ring (bicyclic) bond motifs is 2. The third-order valence-corrected chi connectivity index (χ3v) is 4.63. The molecular weight excluding hydrogens is 287 g/mol. The fourth-order valence-corrected chi connectivity index (χ4v) is 3.37. The molecule has 2 aliphatic rings. The van der Waals surface area contributed by atoms with Gasteiger partial charge in [-0.05, 0) is 18.6 Å². The van der Waals surface area contributed by atoms with Crippen molar-refractivity contribution in [2.24, 2.45) is 5.92 Å². The largest absolute Gasteiger partial charge is 0.465 e. The molecule has 1 aromatic heterocycles. The van der Waals surface area contributed by atoms with Gasteiger partial charge in [0.2, 0.25) is 0 Å². The Morgan fingerprint density at radius 1 is 1.36 bits per heavy atom. The van der Waals surface area contributed by atoms with Gasteiger partial charge in [0.15, 0.2) is 5.82 Å². The Hall–Kier alpha value is -2.44. The van der Waals surface area contributed by atoms with Gasteiger partial charge >= 0.3 is 6.09 Å². The van der Waals surface area contributed by atoms with E-state index in [1.165, 1.54) is 11.0 Å².